The lowest BCUT2D eigenvalue weighted by Gasteiger charge is -2.32. The number of rotatable bonds is 7. The van der Waals surface area contributed by atoms with Crippen molar-refractivity contribution < 1.29 is 19.4 Å². The minimum Gasteiger partial charge on any atom is -0.478 e. The van der Waals surface area contributed by atoms with Gasteiger partial charge in [-0.05, 0) is 42.9 Å². The Bertz CT molecular complexity index is 1300. The van der Waals surface area contributed by atoms with Crippen LogP contribution in [-0.2, 0) is 17.6 Å². The molecule has 3 aromatic heterocycles. The Balaban J connectivity index is 1.73. The predicted molar refractivity (Wildman–Crippen MR) is 129 cm³/mol. The molecule has 0 aliphatic carbocycles. The van der Waals surface area contributed by atoms with Crippen molar-refractivity contribution in [3.8, 4) is 0 Å². The van der Waals surface area contributed by atoms with E-state index in [4.69, 9.17) is 5.11 Å². The lowest BCUT2D eigenvalue weighted by Crippen LogP contribution is -2.40. The number of aliphatic carboxylic acids is 1. The fraction of sp³-hybridized carbons (Fsp3) is 0.417. The maximum atomic E-state index is 14.9. The highest BCUT2D eigenvalue weighted by Gasteiger charge is 2.24. The molecule has 0 saturated carbocycles. The van der Waals surface area contributed by atoms with Gasteiger partial charge < -0.3 is 15.1 Å². The van der Waals surface area contributed by atoms with Gasteiger partial charge in [0.1, 0.15) is 17.3 Å². The summed E-state index contributed by atoms with van der Waals surface area (Å²) < 4.78 is 16.0. The minimum absolute atomic E-state index is 0.0464. The summed E-state index contributed by atoms with van der Waals surface area (Å²) in [6.07, 6.45) is 4.91. The van der Waals surface area contributed by atoms with Gasteiger partial charge in [-0.3, -0.25) is 9.20 Å². The Morgan fingerprint density at radius 2 is 2.15 bits per heavy atom. The van der Waals surface area contributed by atoms with Crippen LogP contribution in [-0.4, -0.2) is 49.7 Å². The molecule has 1 fully saturated rings. The summed E-state index contributed by atoms with van der Waals surface area (Å²) in [6.45, 7) is 5.00. The molecular weight excluding hydrogens is 459 g/mol. The highest BCUT2D eigenvalue weighted by atomic mass is 32.1. The van der Waals surface area contributed by atoms with E-state index < -0.39 is 23.4 Å². The van der Waals surface area contributed by atoms with Gasteiger partial charge in [0.15, 0.2) is 0 Å². The molecule has 0 amide bonds. The summed E-state index contributed by atoms with van der Waals surface area (Å²) in [5.74, 6) is -1.13. The Kier molecular flexibility index (Phi) is 7.08. The van der Waals surface area contributed by atoms with Crippen LogP contribution in [0.1, 0.15) is 54.4 Å². The van der Waals surface area contributed by atoms with Crippen LogP contribution in [0.3, 0.4) is 0 Å². The Morgan fingerprint density at radius 1 is 1.35 bits per heavy atom. The van der Waals surface area contributed by atoms with Gasteiger partial charge in [-0.15, -0.1) is 11.3 Å². The van der Waals surface area contributed by atoms with Crippen LogP contribution >= 0.6 is 11.3 Å². The quantitative estimate of drug-likeness (QED) is 0.494. The fourth-order valence-corrected chi connectivity index (χ4v) is 4.99. The van der Waals surface area contributed by atoms with Crippen molar-refractivity contribution in [3.05, 3.63) is 61.7 Å². The van der Waals surface area contributed by atoms with Crippen molar-refractivity contribution in [2.75, 3.05) is 18.0 Å². The van der Waals surface area contributed by atoms with Crippen molar-refractivity contribution in [3.63, 3.8) is 0 Å². The lowest BCUT2D eigenvalue weighted by molar-refractivity contribution is -0.131. The van der Waals surface area contributed by atoms with E-state index in [1.807, 2.05) is 5.38 Å². The number of carboxylic acids is 1. The number of aromatic nitrogens is 3. The number of fused-ring (bicyclic) bond motifs is 1. The van der Waals surface area contributed by atoms with E-state index in [0.29, 0.717) is 49.5 Å². The number of piperidine rings is 1. The molecule has 1 atom stereocenters. The number of β-amino-alcohol motifs (C(OH)–C–C–N with tert-alkyl or cyclic N) is 1. The largest absolute Gasteiger partial charge is 0.478 e. The van der Waals surface area contributed by atoms with Crippen LogP contribution in [0, 0.1) is 5.82 Å². The molecular formula is C24H27FN4O4S. The van der Waals surface area contributed by atoms with Crippen LogP contribution in [0.2, 0.25) is 0 Å². The summed E-state index contributed by atoms with van der Waals surface area (Å²) in [5.41, 5.74) is 1.19. The van der Waals surface area contributed by atoms with Crippen molar-refractivity contribution in [2.24, 2.45) is 0 Å². The number of hydrogen-bond donors (Lipinski definition) is 2. The van der Waals surface area contributed by atoms with Crippen molar-refractivity contribution in [1.82, 2.24) is 14.4 Å². The number of pyridine rings is 1. The zero-order chi connectivity index (χ0) is 24.4. The summed E-state index contributed by atoms with van der Waals surface area (Å²) in [5, 5.41) is 22.1. The molecule has 10 heteroatoms. The van der Waals surface area contributed by atoms with Crippen LogP contribution < -0.4 is 10.5 Å². The number of nitrogens with zero attached hydrogens (tertiary/aromatic N) is 4. The van der Waals surface area contributed by atoms with Crippen LogP contribution in [0.5, 0.6) is 0 Å². The lowest BCUT2D eigenvalue weighted by atomic mass is 10.1. The van der Waals surface area contributed by atoms with Crippen LogP contribution in [0.4, 0.5) is 10.2 Å². The normalized spacial score (nSPS) is 16.7. The minimum atomic E-state index is -1.21. The van der Waals surface area contributed by atoms with E-state index in [1.54, 1.807) is 22.3 Å². The van der Waals surface area contributed by atoms with Gasteiger partial charge in [-0.1, -0.05) is 13.8 Å². The number of aryl methyl sites for hydroxylation is 2. The van der Waals surface area contributed by atoms with Crippen molar-refractivity contribution >= 4 is 34.8 Å². The predicted octanol–water partition coefficient (Wildman–Crippen LogP) is 3.26. The number of thiazole rings is 1. The first-order valence-corrected chi connectivity index (χ1v) is 12.1. The topological polar surface area (TPSA) is 108 Å². The SMILES string of the molecule is CC(C)c1csc(CCc2cc3nc(N4CCCC(O)C4)c(C=CC(=O)O)c(=O)n3cc2F)n1. The number of carbonyl (C=O) groups is 1. The number of carboxylic acid groups (broad SMARTS) is 1. The molecule has 2 N–H and O–H groups in total. The number of halogens is 1. The fourth-order valence-electron chi connectivity index (χ4n) is 4.03. The van der Waals surface area contributed by atoms with Gasteiger partial charge in [-0.2, -0.15) is 0 Å². The molecule has 1 unspecified atom stereocenters. The molecule has 0 radical (unpaired) electrons. The molecule has 180 valence electrons. The third-order valence-corrected chi connectivity index (χ3v) is 6.79. The smallest absolute Gasteiger partial charge is 0.328 e. The van der Waals surface area contributed by atoms with Gasteiger partial charge in [0.25, 0.3) is 5.56 Å². The zero-order valence-corrected chi connectivity index (χ0v) is 19.9. The molecule has 0 bridgehead atoms. The van der Waals surface area contributed by atoms with E-state index in [1.165, 1.54) is 6.08 Å². The van der Waals surface area contributed by atoms with Crippen LogP contribution in [0.15, 0.2) is 28.5 Å². The number of aliphatic hydroxyl groups excluding tert-OH is 1. The van der Waals surface area contributed by atoms with Crippen molar-refractivity contribution in [1.29, 1.82) is 0 Å². The standard InChI is InChI=1S/C24H27FN4O4S/c1-14(2)19-13-34-21(26-19)7-5-15-10-20-27-23(28-9-3-4-16(30)11-28)17(6-8-22(31)32)24(33)29(20)12-18(15)25/h6,8,10,12-14,16,30H,3-5,7,9,11H2,1-2H3,(H,31,32). The maximum Gasteiger partial charge on any atom is 0.328 e. The van der Waals surface area contributed by atoms with Gasteiger partial charge in [-0.25, -0.2) is 19.2 Å². The average molecular weight is 487 g/mol. The molecule has 34 heavy (non-hydrogen) atoms. The summed E-state index contributed by atoms with van der Waals surface area (Å²) in [6, 6.07) is 1.56. The van der Waals surface area contributed by atoms with E-state index in [-0.39, 0.29) is 17.8 Å². The number of anilines is 1. The number of aliphatic hydroxyl groups is 1. The molecule has 3 aromatic rings. The first-order chi connectivity index (χ1) is 16.2. The second kappa shape index (κ2) is 10.0. The van der Waals surface area contributed by atoms with E-state index in [0.717, 1.165) is 27.4 Å². The Morgan fingerprint density at radius 3 is 2.82 bits per heavy atom. The maximum absolute atomic E-state index is 14.9. The van der Waals surface area contributed by atoms with Gasteiger partial charge in [0.05, 0.1) is 28.6 Å². The van der Waals surface area contributed by atoms with Crippen molar-refractivity contribution in [2.45, 2.75) is 51.6 Å². The highest BCUT2D eigenvalue weighted by Crippen LogP contribution is 2.24. The molecule has 1 saturated heterocycles. The monoisotopic (exact) mass is 486 g/mol. The Labute approximate surface area is 200 Å². The third-order valence-electron chi connectivity index (χ3n) is 5.87. The summed E-state index contributed by atoms with van der Waals surface area (Å²) in [7, 11) is 0. The molecule has 8 nitrogen and oxygen atoms in total. The Hall–Kier alpha value is -3.11. The van der Waals surface area contributed by atoms with E-state index in [2.05, 4.69) is 23.8 Å². The summed E-state index contributed by atoms with van der Waals surface area (Å²) >= 11 is 1.55. The second-order valence-corrected chi connectivity index (χ2v) is 9.71. The highest BCUT2D eigenvalue weighted by molar-refractivity contribution is 7.09. The first-order valence-electron chi connectivity index (χ1n) is 11.3. The van der Waals surface area contributed by atoms with E-state index >= 15 is 0 Å². The first kappa shape index (κ1) is 24.0. The molecule has 4 rings (SSSR count). The third kappa shape index (κ3) is 5.18. The van der Waals surface area contributed by atoms with E-state index in [9.17, 15) is 19.1 Å². The second-order valence-electron chi connectivity index (χ2n) is 8.76. The van der Waals surface area contributed by atoms with Gasteiger partial charge in [0.2, 0.25) is 0 Å². The van der Waals surface area contributed by atoms with Gasteiger partial charge >= 0.3 is 5.97 Å². The molecule has 0 spiro atoms. The van der Waals surface area contributed by atoms with Gasteiger partial charge in [0, 0.05) is 31.0 Å². The summed E-state index contributed by atoms with van der Waals surface area (Å²) in [4.78, 5) is 35.3. The van der Waals surface area contributed by atoms with Crippen LogP contribution in [0.25, 0.3) is 11.7 Å². The molecule has 4 heterocycles. The average Bonchev–Trinajstić information content (AvgIpc) is 3.27. The zero-order valence-electron chi connectivity index (χ0n) is 19.1. The molecule has 1 aliphatic heterocycles. The molecule has 0 aromatic carbocycles. The number of hydrogen-bond acceptors (Lipinski definition) is 7. The molecule has 1 aliphatic rings.